The molecule has 0 atom stereocenters. The highest BCUT2D eigenvalue weighted by atomic mass is 28.4. The van der Waals surface area contributed by atoms with Gasteiger partial charge >= 0.3 is 5.97 Å². The van der Waals surface area contributed by atoms with Gasteiger partial charge in [0.05, 0.1) is 13.7 Å². The van der Waals surface area contributed by atoms with Gasteiger partial charge in [-0.05, 0) is 36.2 Å². The van der Waals surface area contributed by atoms with Gasteiger partial charge in [-0.15, -0.1) is 0 Å². The molecule has 0 unspecified atom stereocenters. The Kier molecular flexibility index (Phi) is 5.32. The number of rotatable bonds is 5. The van der Waals surface area contributed by atoms with Gasteiger partial charge in [-0.25, -0.2) is 4.79 Å². The number of esters is 1. The second-order valence-electron chi connectivity index (χ2n) is 7.94. The fourth-order valence-corrected chi connectivity index (χ4v) is 3.90. The van der Waals surface area contributed by atoms with Crippen molar-refractivity contribution in [2.45, 2.75) is 58.7 Å². The lowest BCUT2D eigenvalue weighted by Crippen LogP contribution is -2.44. The molecule has 0 amide bonds. The monoisotopic (exact) mass is 364 g/mol. The average Bonchev–Trinajstić information content (AvgIpc) is 2.50. The Hall–Kier alpha value is -1.82. The molecule has 0 N–H and O–H groups in total. The first kappa shape index (κ1) is 19.5. The zero-order chi connectivity index (χ0) is 19.0. The SMILES string of the molecule is COc1c(C)c2c(c(O[Si](C)(C)C(C)(C)C)c1CC=O)C(=O)OCC2. The van der Waals surface area contributed by atoms with Gasteiger partial charge in [0.25, 0.3) is 8.32 Å². The largest absolute Gasteiger partial charge is 0.543 e. The maximum Gasteiger partial charge on any atom is 0.342 e. The third kappa shape index (κ3) is 3.45. The van der Waals surface area contributed by atoms with E-state index < -0.39 is 8.32 Å². The second-order valence-corrected chi connectivity index (χ2v) is 12.7. The predicted octanol–water partition coefficient (Wildman–Crippen LogP) is 3.84. The maximum atomic E-state index is 12.5. The summed E-state index contributed by atoms with van der Waals surface area (Å²) in [5.74, 6) is 0.725. The molecule has 1 aromatic carbocycles. The number of ether oxygens (including phenoxy) is 2. The first-order valence-corrected chi connectivity index (χ1v) is 11.5. The molecule has 0 radical (unpaired) electrons. The lowest BCUT2D eigenvalue weighted by molar-refractivity contribution is -0.107. The van der Waals surface area contributed by atoms with E-state index in [0.717, 1.165) is 17.4 Å². The van der Waals surface area contributed by atoms with Crippen molar-refractivity contribution in [2.24, 2.45) is 0 Å². The molecule has 0 saturated carbocycles. The first-order chi connectivity index (χ1) is 11.5. The first-order valence-electron chi connectivity index (χ1n) is 8.57. The summed E-state index contributed by atoms with van der Waals surface area (Å²) in [5.41, 5.74) is 2.88. The summed E-state index contributed by atoms with van der Waals surface area (Å²) in [4.78, 5) is 23.8. The molecule has 2 rings (SSSR count). The van der Waals surface area contributed by atoms with Gasteiger partial charge in [0.15, 0.2) is 0 Å². The number of cyclic esters (lactones) is 1. The Morgan fingerprint density at radius 1 is 1.24 bits per heavy atom. The minimum absolute atomic E-state index is 0.0466. The lowest BCUT2D eigenvalue weighted by atomic mass is 9.91. The number of hydrogen-bond donors (Lipinski definition) is 0. The smallest absolute Gasteiger partial charge is 0.342 e. The molecule has 0 aromatic heterocycles. The quantitative estimate of drug-likeness (QED) is 0.451. The van der Waals surface area contributed by atoms with Crippen molar-refractivity contribution in [3.63, 3.8) is 0 Å². The van der Waals surface area contributed by atoms with Gasteiger partial charge in [-0.2, -0.15) is 0 Å². The molecule has 6 heteroatoms. The van der Waals surface area contributed by atoms with Crippen LogP contribution in [0.25, 0.3) is 0 Å². The molecule has 0 fully saturated rings. The van der Waals surface area contributed by atoms with Crippen LogP contribution in [0.4, 0.5) is 0 Å². The second kappa shape index (κ2) is 6.82. The lowest BCUT2D eigenvalue weighted by Gasteiger charge is -2.38. The molecule has 25 heavy (non-hydrogen) atoms. The summed E-state index contributed by atoms with van der Waals surface area (Å²) < 4.78 is 17.4. The van der Waals surface area contributed by atoms with E-state index in [9.17, 15) is 9.59 Å². The fourth-order valence-electron chi connectivity index (χ4n) is 2.85. The third-order valence-corrected chi connectivity index (χ3v) is 9.64. The third-order valence-electron chi connectivity index (χ3n) is 5.31. The number of methoxy groups -OCH3 is 1. The van der Waals surface area contributed by atoms with E-state index in [4.69, 9.17) is 13.9 Å². The van der Waals surface area contributed by atoms with Crippen molar-refractivity contribution in [1.29, 1.82) is 0 Å². The topological polar surface area (TPSA) is 61.8 Å². The molecule has 5 nitrogen and oxygen atoms in total. The molecular formula is C19H28O5Si. The van der Waals surface area contributed by atoms with E-state index in [1.807, 2.05) is 6.92 Å². The van der Waals surface area contributed by atoms with E-state index >= 15 is 0 Å². The van der Waals surface area contributed by atoms with Gasteiger partial charge in [0.1, 0.15) is 23.3 Å². The zero-order valence-electron chi connectivity index (χ0n) is 16.2. The Balaban J connectivity index is 2.79. The number of aldehydes is 1. The van der Waals surface area contributed by atoms with Gasteiger partial charge in [-0.3, -0.25) is 0 Å². The molecule has 138 valence electrons. The van der Waals surface area contributed by atoms with Crippen LogP contribution in [0.15, 0.2) is 0 Å². The summed E-state index contributed by atoms with van der Waals surface area (Å²) in [6, 6.07) is 0. The van der Waals surface area contributed by atoms with Crippen LogP contribution >= 0.6 is 0 Å². The van der Waals surface area contributed by atoms with Gasteiger partial charge in [-0.1, -0.05) is 20.8 Å². The highest BCUT2D eigenvalue weighted by molar-refractivity contribution is 6.74. The molecule has 1 aliphatic heterocycles. The number of hydrogen-bond acceptors (Lipinski definition) is 5. The Labute approximate surface area is 150 Å². The van der Waals surface area contributed by atoms with Gasteiger partial charge in [0.2, 0.25) is 0 Å². The normalized spacial score (nSPS) is 14.6. The van der Waals surface area contributed by atoms with E-state index in [2.05, 4.69) is 33.9 Å². The van der Waals surface area contributed by atoms with E-state index in [-0.39, 0.29) is 17.4 Å². The molecule has 1 aromatic rings. The molecule has 0 aliphatic carbocycles. The van der Waals surface area contributed by atoms with Crippen molar-refractivity contribution < 1.29 is 23.5 Å². The van der Waals surface area contributed by atoms with Crippen LogP contribution in [0.2, 0.25) is 18.1 Å². The molecule has 0 saturated heterocycles. The highest BCUT2D eigenvalue weighted by Crippen LogP contribution is 2.45. The van der Waals surface area contributed by atoms with Crippen molar-refractivity contribution in [2.75, 3.05) is 13.7 Å². The van der Waals surface area contributed by atoms with Crippen molar-refractivity contribution >= 4 is 20.6 Å². The van der Waals surface area contributed by atoms with Crippen molar-refractivity contribution in [3.05, 3.63) is 22.3 Å². The molecule has 0 bridgehead atoms. The maximum absolute atomic E-state index is 12.5. The molecule has 1 heterocycles. The molecule has 1 aliphatic rings. The van der Waals surface area contributed by atoms with Crippen LogP contribution in [-0.4, -0.2) is 34.3 Å². The van der Waals surface area contributed by atoms with Crippen LogP contribution in [0, 0.1) is 6.92 Å². The highest BCUT2D eigenvalue weighted by Gasteiger charge is 2.42. The number of benzene rings is 1. The summed E-state index contributed by atoms with van der Waals surface area (Å²) in [6.45, 7) is 12.9. The molecule has 0 spiro atoms. The average molecular weight is 365 g/mol. The van der Waals surface area contributed by atoms with E-state index in [1.54, 1.807) is 7.11 Å². The van der Waals surface area contributed by atoms with Gasteiger partial charge < -0.3 is 18.7 Å². The standard InChI is InChI=1S/C19H28O5Si/c1-12-13-9-11-23-18(21)15(13)17(14(8-10-20)16(12)22-5)24-25(6,7)19(2,3)4/h10H,8-9,11H2,1-7H3. The summed E-state index contributed by atoms with van der Waals surface area (Å²) >= 11 is 0. The van der Waals surface area contributed by atoms with Crippen molar-refractivity contribution in [1.82, 2.24) is 0 Å². The van der Waals surface area contributed by atoms with E-state index in [0.29, 0.717) is 35.7 Å². The van der Waals surface area contributed by atoms with Crippen LogP contribution < -0.4 is 9.16 Å². The van der Waals surface area contributed by atoms with Crippen LogP contribution in [0.5, 0.6) is 11.5 Å². The minimum Gasteiger partial charge on any atom is -0.543 e. The Morgan fingerprint density at radius 3 is 2.40 bits per heavy atom. The zero-order valence-corrected chi connectivity index (χ0v) is 17.2. The summed E-state index contributed by atoms with van der Waals surface area (Å²) in [7, 11) is -0.644. The Morgan fingerprint density at radius 2 is 1.88 bits per heavy atom. The minimum atomic E-state index is -2.23. The number of carbonyl (C=O) groups excluding carboxylic acids is 2. The molecular weight excluding hydrogens is 336 g/mol. The van der Waals surface area contributed by atoms with Crippen molar-refractivity contribution in [3.8, 4) is 11.5 Å². The fraction of sp³-hybridized carbons (Fsp3) is 0.579. The predicted molar refractivity (Wildman–Crippen MR) is 99.3 cm³/mol. The summed E-state index contributed by atoms with van der Waals surface area (Å²) in [5, 5.41) is -0.0466. The van der Waals surface area contributed by atoms with Crippen LogP contribution in [0.1, 0.15) is 47.8 Å². The van der Waals surface area contributed by atoms with Crippen LogP contribution in [0.3, 0.4) is 0 Å². The summed E-state index contributed by atoms with van der Waals surface area (Å²) in [6.07, 6.45) is 1.57. The van der Waals surface area contributed by atoms with E-state index in [1.165, 1.54) is 0 Å². The van der Waals surface area contributed by atoms with Crippen LogP contribution in [-0.2, 0) is 22.4 Å². The Bertz CT molecular complexity index is 701. The number of carbonyl (C=O) groups is 2. The number of fused-ring (bicyclic) bond motifs is 1. The van der Waals surface area contributed by atoms with Gasteiger partial charge in [0, 0.05) is 18.4 Å².